The number of hydrogen-bond acceptors (Lipinski definition) is 3. The third kappa shape index (κ3) is 1.74. The molecule has 2 rings (SSSR count). The second kappa shape index (κ2) is 4.09. The molecule has 0 aliphatic carbocycles. The van der Waals surface area contributed by atoms with E-state index < -0.39 is 5.97 Å². The van der Waals surface area contributed by atoms with Crippen molar-refractivity contribution in [2.75, 3.05) is 7.11 Å². The Hall–Kier alpha value is -1.62. The Morgan fingerprint density at radius 1 is 1.50 bits per heavy atom. The zero-order chi connectivity index (χ0) is 11.7. The third-order valence-electron chi connectivity index (χ3n) is 2.19. The molecule has 16 heavy (non-hydrogen) atoms. The Morgan fingerprint density at radius 2 is 2.25 bits per heavy atom. The van der Waals surface area contributed by atoms with Crippen molar-refractivity contribution >= 4 is 32.8 Å². The standard InChI is InChI=1S/C11H8BrNO3/c1-16-9-5-8(11(14)15)13-10-6(9)3-2-4-7(10)12/h2-5H,1H3,(H,14,15). The van der Waals surface area contributed by atoms with Gasteiger partial charge in [-0.1, -0.05) is 6.07 Å². The number of carbonyl (C=O) groups is 1. The number of ether oxygens (including phenoxy) is 1. The van der Waals surface area contributed by atoms with Crippen LogP contribution in [0.15, 0.2) is 28.7 Å². The van der Waals surface area contributed by atoms with E-state index in [2.05, 4.69) is 20.9 Å². The van der Waals surface area contributed by atoms with Crippen LogP contribution >= 0.6 is 15.9 Å². The minimum Gasteiger partial charge on any atom is -0.496 e. The lowest BCUT2D eigenvalue weighted by atomic mass is 10.2. The van der Waals surface area contributed by atoms with Crippen LogP contribution in [0, 0.1) is 0 Å². The van der Waals surface area contributed by atoms with Crippen LogP contribution in [0.1, 0.15) is 10.5 Å². The summed E-state index contributed by atoms with van der Waals surface area (Å²) >= 11 is 3.33. The summed E-state index contributed by atoms with van der Waals surface area (Å²) in [5.74, 6) is -0.570. The number of nitrogens with zero attached hydrogens (tertiary/aromatic N) is 1. The second-order valence-electron chi connectivity index (χ2n) is 3.15. The molecular formula is C11H8BrNO3. The van der Waals surface area contributed by atoms with E-state index >= 15 is 0 Å². The van der Waals surface area contributed by atoms with Crippen LogP contribution < -0.4 is 4.74 Å². The van der Waals surface area contributed by atoms with Gasteiger partial charge >= 0.3 is 5.97 Å². The fraction of sp³-hybridized carbons (Fsp3) is 0.0909. The second-order valence-corrected chi connectivity index (χ2v) is 4.01. The van der Waals surface area contributed by atoms with Gasteiger partial charge in [-0.3, -0.25) is 0 Å². The lowest BCUT2D eigenvalue weighted by Crippen LogP contribution is -2.01. The molecule has 5 heteroatoms. The van der Waals surface area contributed by atoms with E-state index in [9.17, 15) is 4.79 Å². The summed E-state index contributed by atoms with van der Waals surface area (Å²) in [5, 5.41) is 9.70. The van der Waals surface area contributed by atoms with Crippen LogP contribution in [-0.2, 0) is 0 Å². The molecule has 0 aliphatic heterocycles. The van der Waals surface area contributed by atoms with Crippen LogP contribution in [0.5, 0.6) is 5.75 Å². The van der Waals surface area contributed by atoms with Gasteiger partial charge in [-0.15, -0.1) is 0 Å². The highest BCUT2D eigenvalue weighted by Gasteiger charge is 2.12. The number of hydrogen-bond donors (Lipinski definition) is 1. The van der Waals surface area contributed by atoms with Crippen molar-refractivity contribution in [3.8, 4) is 5.75 Å². The van der Waals surface area contributed by atoms with Crippen molar-refractivity contribution < 1.29 is 14.6 Å². The van der Waals surface area contributed by atoms with Gasteiger partial charge < -0.3 is 9.84 Å². The van der Waals surface area contributed by atoms with E-state index in [4.69, 9.17) is 9.84 Å². The molecule has 0 aliphatic rings. The highest BCUT2D eigenvalue weighted by molar-refractivity contribution is 9.10. The fourth-order valence-corrected chi connectivity index (χ4v) is 1.92. The largest absolute Gasteiger partial charge is 0.496 e. The van der Waals surface area contributed by atoms with Crippen molar-refractivity contribution in [1.29, 1.82) is 0 Å². The average molecular weight is 282 g/mol. The van der Waals surface area contributed by atoms with Crippen molar-refractivity contribution in [3.63, 3.8) is 0 Å². The van der Waals surface area contributed by atoms with Crippen molar-refractivity contribution in [1.82, 2.24) is 4.98 Å². The molecule has 0 unspecified atom stereocenters. The lowest BCUT2D eigenvalue weighted by Gasteiger charge is -2.07. The van der Waals surface area contributed by atoms with Crippen LogP contribution in [-0.4, -0.2) is 23.2 Å². The molecule has 1 N–H and O–H groups in total. The normalized spacial score (nSPS) is 10.4. The Morgan fingerprint density at radius 3 is 2.88 bits per heavy atom. The average Bonchev–Trinajstić information content (AvgIpc) is 2.28. The number of pyridine rings is 1. The predicted molar refractivity (Wildman–Crippen MR) is 63.0 cm³/mol. The Labute approximate surface area is 100.0 Å². The molecule has 0 amide bonds. The molecule has 82 valence electrons. The van der Waals surface area contributed by atoms with Gasteiger partial charge in [0.15, 0.2) is 5.69 Å². The molecule has 0 spiro atoms. The van der Waals surface area contributed by atoms with Gasteiger partial charge in [-0.2, -0.15) is 0 Å². The van der Waals surface area contributed by atoms with Gasteiger partial charge in [0.1, 0.15) is 5.75 Å². The van der Waals surface area contributed by atoms with Gasteiger partial charge in [0.25, 0.3) is 0 Å². The first-order valence-electron chi connectivity index (χ1n) is 4.50. The molecule has 1 aromatic heterocycles. The Bertz CT molecular complexity index is 568. The highest BCUT2D eigenvalue weighted by atomic mass is 79.9. The van der Waals surface area contributed by atoms with Gasteiger partial charge in [0.2, 0.25) is 0 Å². The first-order chi connectivity index (χ1) is 7.63. The number of para-hydroxylation sites is 1. The number of benzene rings is 1. The number of carboxylic acids is 1. The molecule has 2 aromatic rings. The SMILES string of the molecule is COc1cc(C(=O)O)nc2c(Br)cccc12. The van der Waals surface area contributed by atoms with E-state index in [0.717, 1.165) is 9.86 Å². The minimum absolute atomic E-state index is 0.0312. The van der Waals surface area contributed by atoms with Crippen molar-refractivity contribution in [2.24, 2.45) is 0 Å². The van der Waals surface area contributed by atoms with Crippen LogP contribution in [0.3, 0.4) is 0 Å². The number of aromatic nitrogens is 1. The summed E-state index contributed by atoms with van der Waals surface area (Å²) in [5.41, 5.74) is 0.551. The van der Waals surface area contributed by atoms with Crippen LogP contribution in [0.2, 0.25) is 0 Å². The zero-order valence-corrected chi connectivity index (χ0v) is 9.98. The summed E-state index contributed by atoms with van der Waals surface area (Å²) in [6.45, 7) is 0. The molecule has 4 nitrogen and oxygen atoms in total. The van der Waals surface area contributed by atoms with E-state index in [1.165, 1.54) is 13.2 Å². The van der Waals surface area contributed by atoms with Crippen molar-refractivity contribution in [3.05, 3.63) is 34.4 Å². The number of halogens is 1. The Balaban J connectivity index is 2.84. The van der Waals surface area contributed by atoms with Crippen molar-refractivity contribution in [2.45, 2.75) is 0 Å². The first-order valence-corrected chi connectivity index (χ1v) is 5.29. The van der Waals surface area contributed by atoms with Crippen LogP contribution in [0.4, 0.5) is 0 Å². The number of aromatic carboxylic acids is 1. The molecule has 0 saturated heterocycles. The van der Waals surface area contributed by atoms with Crippen LogP contribution in [0.25, 0.3) is 10.9 Å². The monoisotopic (exact) mass is 281 g/mol. The Kier molecular flexibility index (Phi) is 2.78. The van der Waals surface area contributed by atoms with Gasteiger partial charge in [-0.05, 0) is 28.1 Å². The molecule has 0 saturated carbocycles. The number of fused-ring (bicyclic) bond motifs is 1. The minimum atomic E-state index is -1.07. The molecule has 0 fully saturated rings. The first kappa shape index (κ1) is 10.9. The fourth-order valence-electron chi connectivity index (χ4n) is 1.46. The molecule has 1 heterocycles. The number of methoxy groups -OCH3 is 1. The quantitative estimate of drug-likeness (QED) is 0.920. The summed E-state index contributed by atoms with van der Waals surface area (Å²) in [6.07, 6.45) is 0. The topological polar surface area (TPSA) is 59.4 Å². The van der Waals surface area contributed by atoms with E-state index in [0.29, 0.717) is 11.3 Å². The summed E-state index contributed by atoms with van der Waals surface area (Å²) < 4.78 is 5.89. The van der Waals surface area contributed by atoms with Gasteiger partial charge in [-0.25, -0.2) is 9.78 Å². The van der Waals surface area contributed by atoms with E-state index in [1.54, 1.807) is 6.07 Å². The molecular weight excluding hydrogens is 274 g/mol. The van der Waals surface area contributed by atoms with Gasteiger partial charge in [0, 0.05) is 15.9 Å². The maximum atomic E-state index is 10.9. The number of carboxylic acid groups (broad SMARTS) is 1. The lowest BCUT2D eigenvalue weighted by molar-refractivity contribution is 0.0690. The predicted octanol–water partition coefficient (Wildman–Crippen LogP) is 2.70. The van der Waals surface area contributed by atoms with E-state index in [-0.39, 0.29) is 5.69 Å². The van der Waals surface area contributed by atoms with Gasteiger partial charge in [0.05, 0.1) is 12.6 Å². The summed E-state index contributed by atoms with van der Waals surface area (Å²) in [6, 6.07) is 6.89. The maximum Gasteiger partial charge on any atom is 0.354 e. The third-order valence-corrected chi connectivity index (χ3v) is 2.83. The summed E-state index contributed by atoms with van der Waals surface area (Å²) in [4.78, 5) is 14.9. The number of rotatable bonds is 2. The van der Waals surface area contributed by atoms with E-state index in [1.807, 2.05) is 12.1 Å². The zero-order valence-electron chi connectivity index (χ0n) is 8.40. The molecule has 0 atom stereocenters. The smallest absolute Gasteiger partial charge is 0.354 e. The maximum absolute atomic E-state index is 10.9. The highest BCUT2D eigenvalue weighted by Crippen LogP contribution is 2.29. The summed E-state index contributed by atoms with van der Waals surface area (Å²) in [7, 11) is 1.50. The molecule has 0 radical (unpaired) electrons. The molecule has 1 aromatic carbocycles. The molecule has 0 bridgehead atoms.